The van der Waals surface area contributed by atoms with Crippen molar-refractivity contribution in [2.24, 2.45) is 0 Å². The lowest BCUT2D eigenvalue weighted by Gasteiger charge is -2.32. The standard InChI is InChI=1S/C25H24F3N3O3S/c1-24(2)12-20-19(13-34-24)23(31-22(30-20)15-7-9-18(33-3)10-8-15)35-14-21(32)29-17-6-4-5-16(11-17)25(26,27)28/h4-11H,12-14H2,1-3H3,(H,29,32). The average molecular weight is 504 g/mol. The van der Waals surface area contributed by atoms with Crippen molar-refractivity contribution in [1.29, 1.82) is 0 Å². The monoisotopic (exact) mass is 503 g/mol. The Morgan fingerprint density at radius 2 is 1.91 bits per heavy atom. The topological polar surface area (TPSA) is 73.3 Å². The summed E-state index contributed by atoms with van der Waals surface area (Å²) < 4.78 is 50.0. The first-order valence-electron chi connectivity index (χ1n) is 10.8. The summed E-state index contributed by atoms with van der Waals surface area (Å²) in [7, 11) is 1.59. The maximum absolute atomic E-state index is 13.0. The van der Waals surface area contributed by atoms with Gasteiger partial charge in [-0.3, -0.25) is 4.79 Å². The minimum absolute atomic E-state index is 0.0366. The lowest BCUT2D eigenvalue weighted by molar-refractivity contribution is -0.137. The number of carbonyl (C=O) groups excluding carboxylic acids is 1. The highest BCUT2D eigenvalue weighted by Gasteiger charge is 2.31. The molecule has 0 atom stereocenters. The number of carbonyl (C=O) groups is 1. The van der Waals surface area contributed by atoms with Gasteiger partial charge in [0.15, 0.2) is 5.82 Å². The molecule has 2 aromatic carbocycles. The molecule has 0 unspecified atom stereocenters. The number of aromatic nitrogens is 2. The normalized spacial score (nSPS) is 14.8. The molecule has 0 bridgehead atoms. The van der Waals surface area contributed by atoms with Crippen LogP contribution in [-0.4, -0.2) is 34.3 Å². The van der Waals surface area contributed by atoms with Gasteiger partial charge in [-0.25, -0.2) is 9.97 Å². The number of halogens is 3. The van der Waals surface area contributed by atoms with Crippen molar-refractivity contribution in [2.45, 2.75) is 43.7 Å². The molecule has 4 rings (SSSR count). The minimum atomic E-state index is -4.48. The van der Waals surface area contributed by atoms with Gasteiger partial charge < -0.3 is 14.8 Å². The quantitative estimate of drug-likeness (QED) is 0.341. The van der Waals surface area contributed by atoms with Crippen molar-refractivity contribution < 1.29 is 27.4 Å². The summed E-state index contributed by atoms with van der Waals surface area (Å²) >= 11 is 1.20. The third kappa shape index (κ3) is 6.12. The van der Waals surface area contributed by atoms with Crippen LogP contribution < -0.4 is 10.1 Å². The number of amides is 1. The van der Waals surface area contributed by atoms with Gasteiger partial charge in [0.2, 0.25) is 5.91 Å². The number of benzene rings is 2. The van der Waals surface area contributed by atoms with Gasteiger partial charge in [0.05, 0.1) is 36.3 Å². The van der Waals surface area contributed by atoms with Crippen LogP contribution in [0.5, 0.6) is 5.75 Å². The third-order valence-electron chi connectivity index (χ3n) is 5.42. The summed E-state index contributed by atoms with van der Waals surface area (Å²) in [5.41, 5.74) is 1.34. The number of rotatable bonds is 6. The van der Waals surface area contributed by atoms with E-state index in [1.807, 2.05) is 38.1 Å². The zero-order chi connectivity index (χ0) is 25.2. The fourth-order valence-electron chi connectivity index (χ4n) is 3.61. The zero-order valence-corrected chi connectivity index (χ0v) is 20.2. The number of anilines is 1. The van der Waals surface area contributed by atoms with Crippen LogP contribution >= 0.6 is 11.8 Å². The summed E-state index contributed by atoms with van der Waals surface area (Å²) in [5, 5.41) is 3.14. The van der Waals surface area contributed by atoms with Gasteiger partial charge in [-0.15, -0.1) is 0 Å². The van der Waals surface area contributed by atoms with E-state index in [-0.39, 0.29) is 17.0 Å². The molecule has 0 spiro atoms. The SMILES string of the molecule is COc1ccc(-c2nc3c(c(SCC(=O)Nc4cccc(C(F)(F)F)c4)n2)COC(C)(C)C3)cc1. The fourth-order valence-corrected chi connectivity index (χ4v) is 4.46. The van der Waals surface area contributed by atoms with Gasteiger partial charge in [0, 0.05) is 23.2 Å². The number of methoxy groups -OCH3 is 1. The van der Waals surface area contributed by atoms with Gasteiger partial charge in [0.1, 0.15) is 10.8 Å². The van der Waals surface area contributed by atoms with Gasteiger partial charge in [-0.1, -0.05) is 17.8 Å². The number of fused-ring (bicyclic) bond motifs is 1. The number of ether oxygens (including phenoxy) is 2. The lowest BCUT2D eigenvalue weighted by atomic mass is 9.96. The largest absolute Gasteiger partial charge is 0.497 e. The number of alkyl halides is 3. The van der Waals surface area contributed by atoms with Gasteiger partial charge >= 0.3 is 6.18 Å². The highest BCUT2D eigenvalue weighted by Crippen LogP contribution is 2.35. The number of nitrogens with zero attached hydrogens (tertiary/aromatic N) is 2. The predicted octanol–water partition coefficient (Wildman–Crippen LogP) is 5.75. The molecule has 1 amide bonds. The Kier molecular flexibility index (Phi) is 7.05. The molecule has 0 radical (unpaired) electrons. The Morgan fingerprint density at radius 3 is 2.60 bits per heavy atom. The molecular weight excluding hydrogens is 479 g/mol. The van der Waals surface area contributed by atoms with Crippen LogP contribution in [0.1, 0.15) is 30.7 Å². The molecular formula is C25H24F3N3O3S. The van der Waals surface area contributed by atoms with Crippen LogP contribution in [-0.2, 0) is 28.7 Å². The number of nitrogens with one attached hydrogen (secondary N) is 1. The molecule has 3 aromatic rings. The Bertz CT molecular complexity index is 1230. The van der Waals surface area contributed by atoms with Crippen LogP contribution in [0.15, 0.2) is 53.6 Å². The van der Waals surface area contributed by atoms with Gasteiger partial charge in [-0.05, 0) is 56.3 Å². The molecule has 0 fully saturated rings. The molecule has 0 aliphatic carbocycles. The number of hydrogen-bond donors (Lipinski definition) is 1. The molecule has 2 heterocycles. The summed E-state index contributed by atoms with van der Waals surface area (Å²) in [6.07, 6.45) is -3.90. The van der Waals surface area contributed by atoms with E-state index in [1.54, 1.807) is 7.11 Å². The van der Waals surface area contributed by atoms with Crippen LogP contribution in [0, 0.1) is 0 Å². The Morgan fingerprint density at radius 1 is 1.17 bits per heavy atom. The fraction of sp³-hybridized carbons (Fsp3) is 0.320. The highest BCUT2D eigenvalue weighted by molar-refractivity contribution is 8.00. The van der Waals surface area contributed by atoms with Crippen LogP contribution in [0.4, 0.5) is 18.9 Å². The second-order valence-corrected chi connectivity index (χ2v) is 9.61. The molecule has 6 nitrogen and oxygen atoms in total. The summed E-state index contributed by atoms with van der Waals surface area (Å²) in [6.45, 7) is 4.28. The summed E-state index contributed by atoms with van der Waals surface area (Å²) in [4.78, 5) is 22.0. The molecule has 1 aromatic heterocycles. The predicted molar refractivity (Wildman–Crippen MR) is 127 cm³/mol. The van der Waals surface area contributed by atoms with E-state index in [9.17, 15) is 18.0 Å². The smallest absolute Gasteiger partial charge is 0.416 e. The second kappa shape index (κ2) is 9.87. The van der Waals surface area contributed by atoms with Crippen LogP contribution in [0.3, 0.4) is 0 Å². The molecule has 184 valence electrons. The first-order chi connectivity index (χ1) is 16.5. The third-order valence-corrected chi connectivity index (χ3v) is 6.43. The van der Waals surface area contributed by atoms with E-state index in [1.165, 1.54) is 23.9 Å². The van der Waals surface area contributed by atoms with Crippen molar-refractivity contribution >= 4 is 23.4 Å². The first-order valence-corrected chi connectivity index (χ1v) is 11.8. The van der Waals surface area contributed by atoms with Gasteiger partial charge in [0.25, 0.3) is 0 Å². The molecule has 0 saturated heterocycles. The Labute approximate surface area is 205 Å². The van der Waals surface area contributed by atoms with Crippen molar-refractivity contribution in [3.63, 3.8) is 0 Å². The molecule has 1 N–H and O–H groups in total. The van der Waals surface area contributed by atoms with Crippen LogP contribution in [0.2, 0.25) is 0 Å². The van der Waals surface area contributed by atoms with Crippen LogP contribution in [0.25, 0.3) is 11.4 Å². The maximum atomic E-state index is 13.0. The van der Waals surface area contributed by atoms with E-state index in [0.29, 0.717) is 29.6 Å². The number of thioether (sulfide) groups is 1. The second-order valence-electron chi connectivity index (χ2n) is 8.65. The van der Waals surface area contributed by atoms with Crippen molar-refractivity contribution in [1.82, 2.24) is 9.97 Å². The lowest BCUT2D eigenvalue weighted by Crippen LogP contribution is -2.33. The molecule has 10 heteroatoms. The van der Waals surface area contributed by atoms with E-state index in [0.717, 1.165) is 29.0 Å². The molecule has 1 aliphatic heterocycles. The maximum Gasteiger partial charge on any atom is 0.416 e. The molecule has 1 aliphatic rings. The highest BCUT2D eigenvalue weighted by atomic mass is 32.2. The van der Waals surface area contributed by atoms with Crippen molar-refractivity contribution in [3.8, 4) is 17.1 Å². The first kappa shape index (κ1) is 25.0. The molecule has 35 heavy (non-hydrogen) atoms. The Hall–Kier alpha value is -3.11. The van der Waals surface area contributed by atoms with E-state index < -0.39 is 17.6 Å². The van der Waals surface area contributed by atoms with E-state index in [4.69, 9.17) is 14.5 Å². The molecule has 0 saturated carbocycles. The zero-order valence-electron chi connectivity index (χ0n) is 19.4. The summed E-state index contributed by atoms with van der Waals surface area (Å²) in [5.74, 6) is 0.752. The number of hydrogen-bond acceptors (Lipinski definition) is 6. The van der Waals surface area contributed by atoms with Crippen molar-refractivity contribution in [2.75, 3.05) is 18.2 Å². The van der Waals surface area contributed by atoms with Crippen molar-refractivity contribution in [3.05, 3.63) is 65.4 Å². The average Bonchev–Trinajstić information content (AvgIpc) is 2.81. The van der Waals surface area contributed by atoms with E-state index in [2.05, 4.69) is 10.3 Å². The minimum Gasteiger partial charge on any atom is -0.497 e. The summed E-state index contributed by atoms with van der Waals surface area (Å²) in [6, 6.07) is 11.9. The van der Waals surface area contributed by atoms with Gasteiger partial charge in [-0.2, -0.15) is 13.2 Å². The Balaban J connectivity index is 1.56. The van der Waals surface area contributed by atoms with E-state index >= 15 is 0 Å².